The van der Waals surface area contributed by atoms with Crippen LogP contribution in [0.3, 0.4) is 0 Å². The molecular weight excluding hydrogens is 346 g/mol. The van der Waals surface area contributed by atoms with Crippen molar-refractivity contribution in [3.8, 4) is 11.3 Å². The summed E-state index contributed by atoms with van der Waals surface area (Å²) in [6.07, 6.45) is 3.56. The number of hydrogen-bond donors (Lipinski definition) is 0. The molecule has 0 amide bonds. The molecule has 0 aliphatic carbocycles. The van der Waals surface area contributed by atoms with Gasteiger partial charge in [-0.3, -0.25) is 4.98 Å². The number of sulfonamides is 1. The highest BCUT2D eigenvalue weighted by Crippen LogP contribution is 2.26. The van der Waals surface area contributed by atoms with E-state index in [4.69, 9.17) is 0 Å². The molecule has 1 saturated heterocycles. The molecule has 0 unspecified atom stereocenters. The number of benzene rings is 1. The smallest absolute Gasteiger partial charge is 0.256 e. The predicted octanol–water partition coefficient (Wildman–Crippen LogP) is 3.72. The minimum atomic E-state index is -3.55. The SMILES string of the molecule is CC1CCN(S(=O)(=O)c2cccc(-c3ccc4ncccc4c3)n2)CC1. The lowest BCUT2D eigenvalue weighted by Gasteiger charge is -2.29. The Morgan fingerprint density at radius 3 is 2.65 bits per heavy atom. The van der Waals surface area contributed by atoms with Crippen LogP contribution in [0, 0.1) is 5.92 Å². The molecule has 0 spiro atoms. The zero-order valence-electron chi connectivity index (χ0n) is 14.7. The second-order valence-corrected chi connectivity index (χ2v) is 8.74. The molecule has 0 N–H and O–H groups in total. The zero-order valence-corrected chi connectivity index (χ0v) is 15.5. The Hall–Kier alpha value is -2.31. The average Bonchev–Trinajstić information content (AvgIpc) is 2.68. The first kappa shape index (κ1) is 17.1. The summed E-state index contributed by atoms with van der Waals surface area (Å²) in [7, 11) is -3.55. The highest BCUT2D eigenvalue weighted by Gasteiger charge is 2.29. The number of aromatic nitrogens is 2. The molecule has 1 aliphatic heterocycles. The fraction of sp³-hybridized carbons (Fsp3) is 0.300. The molecule has 0 bridgehead atoms. The van der Waals surface area contributed by atoms with Gasteiger partial charge in [-0.15, -0.1) is 0 Å². The van der Waals surface area contributed by atoms with E-state index in [9.17, 15) is 8.42 Å². The van der Waals surface area contributed by atoms with E-state index in [0.717, 1.165) is 29.3 Å². The Labute approximate surface area is 153 Å². The Kier molecular flexibility index (Phi) is 4.46. The van der Waals surface area contributed by atoms with Crippen molar-refractivity contribution in [2.24, 2.45) is 5.92 Å². The summed E-state index contributed by atoms with van der Waals surface area (Å²) in [6.45, 7) is 3.30. The highest BCUT2D eigenvalue weighted by molar-refractivity contribution is 7.89. The maximum Gasteiger partial charge on any atom is 0.260 e. The number of hydrogen-bond acceptors (Lipinski definition) is 4. The van der Waals surface area contributed by atoms with Crippen LogP contribution >= 0.6 is 0 Å². The topological polar surface area (TPSA) is 63.2 Å². The monoisotopic (exact) mass is 367 g/mol. The summed E-state index contributed by atoms with van der Waals surface area (Å²) in [6, 6.07) is 14.9. The molecule has 6 heteroatoms. The predicted molar refractivity (Wildman–Crippen MR) is 102 cm³/mol. The van der Waals surface area contributed by atoms with Crippen LogP contribution in [0.25, 0.3) is 22.2 Å². The molecule has 2 aromatic heterocycles. The van der Waals surface area contributed by atoms with Gasteiger partial charge in [-0.1, -0.05) is 25.1 Å². The number of pyridine rings is 2. The van der Waals surface area contributed by atoms with Crippen LogP contribution in [0.2, 0.25) is 0 Å². The molecular formula is C20H21N3O2S. The Balaban J connectivity index is 1.69. The van der Waals surface area contributed by atoms with Crippen molar-refractivity contribution in [3.05, 3.63) is 54.7 Å². The van der Waals surface area contributed by atoms with Crippen LogP contribution < -0.4 is 0 Å². The summed E-state index contributed by atoms with van der Waals surface area (Å²) in [5.74, 6) is 0.576. The zero-order chi connectivity index (χ0) is 18.1. The van der Waals surface area contributed by atoms with Crippen LogP contribution in [-0.2, 0) is 10.0 Å². The second kappa shape index (κ2) is 6.78. The summed E-state index contributed by atoms with van der Waals surface area (Å²) in [5, 5.41) is 1.13. The molecule has 1 fully saturated rings. The fourth-order valence-electron chi connectivity index (χ4n) is 3.31. The van der Waals surface area contributed by atoms with Crippen LogP contribution in [0.1, 0.15) is 19.8 Å². The van der Waals surface area contributed by atoms with E-state index in [-0.39, 0.29) is 5.03 Å². The molecule has 134 valence electrons. The number of fused-ring (bicyclic) bond motifs is 1. The van der Waals surface area contributed by atoms with Gasteiger partial charge in [0.15, 0.2) is 5.03 Å². The van der Waals surface area contributed by atoms with E-state index in [2.05, 4.69) is 16.9 Å². The molecule has 0 saturated carbocycles. The lowest BCUT2D eigenvalue weighted by Crippen LogP contribution is -2.38. The summed E-state index contributed by atoms with van der Waals surface area (Å²) >= 11 is 0. The second-order valence-electron chi connectivity index (χ2n) is 6.86. The van der Waals surface area contributed by atoms with Crippen LogP contribution in [-0.4, -0.2) is 35.8 Å². The van der Waals surface area contributed by atoms with E-state index >= 15 is 0 Å². The summed E-state index contributed by atoms with van der Waals surface area (Å²) in [5.41, 5.74) is 2.44. The quantitative estimate of drug-likeness (QED) is 0.708. The van der Waals surface area contributed by atoms with E-state index in [1.807, 2.05) is 36.4 Å². The van der Waals surface area contributed by atoms with Crippen molar-refractivity contribution >= 4 is 20.9 Å². The average molecular weight is 367 g/mol. The Bertz CT molecular complexity index is 1040. The first-order valence-electron chi connectivity index (χ1n) is 8.86. The van der Waals surface area contributed by atoms with E-state index < -0.39 is 10.0 Å². The van der Waals surface area contributed by atoms with Gasteiger partial charge < -0.3 is 0 Å². The molecule has 1 aromatic carbocycles. The van der Waals surface area contributed by atoms with Crippen molar-refractivity contribution in [3.63, 3.8) is 0 Å². The van der Waals surface area contributed by atoms with Crippen molar-refractivity contribution in [2.75, 3.05) is 13.1 Å². The minimum Gasteiger partial charge on any atom is -0.256 e. The van der Waals surface area contributed by atoms with Crippen molar-refractivity contribution in [2.45, 2.75) is 24.8 Å². The first-order chi connectivity index (χ1) is 12.5. The van der Waals surface area contributed by atoms with Gasteiger partial charge in [0.1, 0.15) is 0 Å². The van der Waals surface area contributed by atoms with E-state index in [1.54, 1.807) is 22.6 Å². The van der Waals surface area contributed by atoms with Gasteiger partial charge >= 0.3 is 0 Å². The number of nitrogens with zero attached hydrogens (tertiary/aromatic N) is 3. The van der Waals surface area contributed by atoms with Gasteiger partial charge in [0, 0.05) is 30.2 Å². The maximum atomic E-state index is 12.9. The van der Waals surface area contributed by atoms with Crippen LogP contribution in [0.5, 0.6) is 0 Å². The third kappa shape index (κ3) is 3.22. The third-order valence-corrected chi connectivity index (χ3v) is 6.77. The molecule has 0 radical (unpaired) electrons. The standard InChI is InChI=1S/C20H21N3O2S/c1-15-9-12-23(13-10-15)26(24,25)20-6-2-5-19(22-20)17-7-8-18-16(14-17)4-3-11-21-18/h2-8,11,14-15H,9-10,12-13H2,1H3. The molecule has 1 aliphatic rings. The molecule has 0 atom stereocenters. The van der Waals surface area contributed by atoms with Gasteiger partial charge in [0.25, 0.3) is 10.0 Å². The van der Waals surface area contributed by atoms with Crippen LogP contribution in [0.15, 0.2) is 59.8 Å². The highest BCUT2D eigenvalue weighted by atomic mass is 32.2. The van der Waals surface area contributed by atoms with E-state index in [1.165, 1.54) is 0 Å². The number of rotatable bonds is 3. The molecule has 3 heterocycles. The molecule has 4 rings (SSSR count). The van der Waals surface area contributed by atoms with Crippen molar-refractivity contribution in [1.82, 2.24) is 14.3 Å². The van der Waals surface area contributed by atoms with E-state index in [0.29, 0.717) is 24.7 Å². The van der Waals surface area contributed by atoms with Gasteiger partial charge in [-0.2, -0.15) is 4.31 Å². The number of piperidine rings is 1. The summed E-state index contributed by atoms with van der Waals surface area (Å²) < 4.78 is 27.4. The van der Waals surface area contributed by atoms with Gasteiger partial charge in [0.05, 0.1) is 11.2 Å². The first-order valence-corrected chi connectivity index (χ1v) is 10.3. The molecule has 3 aromatic rings. The normalized spacial score (nSPS) is 16.8. The summed E-state index contributed by atoms with van der Waals surface area (Å²) in [4.78, 5) is 8.78. The molecule has 5 nitrogen and oxygen atoms in total. The van der Waals surface area contributed by atoms with Crippen molar-refractivity contribution in [1.29, 1.82) is 0 Å². The fourth-order valence-corrected chi connectivity index (χ4v) is 4.73. The Morgan fingerprint density at radius 1 is 1.04 bits per heavy atom. The van der Waals surface area contributed by atoms with Gasteiger partial charge in [0.2, 0.25) is 0 Å². The lowest BCUT2D eigenvalue weighted by molar-refractivity contribution is 0.287. The van der Waals surface area contributed by atoms with Crippen LogP contribution in [0.4, 0.5) is 0 Å². The minimum absolute atomic E-state index is 0.121. The Morgan fingerprint density at radius 2 is 1.85 bits per heavy atom. The third-order valence-electron chi connectivity index (χ3n) is 4.97. The van der Waals surface area contributed by atoms with Crippen molar-refractivity contribution < 1.29 is 8.42 Å². The van der Waals surface area contributed by atoms with Gasteiger partial charge in [-0.25, -0.2) is 13.4 Å². The lowest BCUT2D eigenvalue weighted by atomic mass is 10.0. The molecule has 26 heavy (non-hydrogen) atoms. The largest absolute Gasteiger partial charge is 0.260 e. The van der Waals surface area contributed by atoms with Gasteiger partial charge in [-0.05, 0) is 49.1 Å². The maximum absolute atomic E-state index is 12.9.